The monoisotopic (exact) mass is 364 g/mol. The van der Waals surface area contributed by atoms with E-state index >= 15 is 0 Å². The summed E-state index contributed by atoms with van der Waals surface area (Å²) in [5, 5.41) is 0. The van der Waals surface area contributed by atoms with Crippen LogP contribution in [0, 0.1) is 0 Å². The van der Waals surface area contributed by atoms with Gasteiger partial charge in [-0.15, -0.1) is 0 Å². The normalized spacial score (nSPS) is 22.4. The van der Waals surface area contributed by atoms with Crippen molar-refractivity contribution in [3.05, 3.63) is 16.6 Å². The number of sulfonamides is 1. The first-order valence-corrected chi connectivity index (χ1v) is 8.33. The maximum atomic E-state index is 12.4. The van der Waals surface area contributed by atoms with Crippen LogP contribution in [0.15, 0.2) is 21.5 Å². The number of nitrogens with two attached hydrogens (primary N) is 1. The minimum absolute atomic E-state index is 0.0431. The summed E-state index contributed by atoms with van der Waals surface area (Å²) in [5.74, 6) is 0.251. The van der Waals surface area contributed by atoms with Crippen molar-refractivity contribution in [3.63, 3.8) is 0 Å². The zero-order valence-electron chi connectivity index (χ0n) is 11.2. The van der Waals surface area contributed by atoms with Gasteiger partial charge in [-0.1, -0.05) is 0 Å². The zero-order valence-corrected chi connectivity index (χ0v) is 13.6. The minimum atomic E-state index is -3.67. The Labute approximate surface area is 126 Å². The molecule has 0 radical (unpaired) electrons. The van der Waals surface area contributed by atoms with Crippen molar-refractivity contribution >= 4 is 31.6 Å². The van der Waals surface area contributed by atoms with Crippen LogP contribution in [0.25, 0.3) is 0 Å². The number of benzene rings is 1. The highest BCUT2D eigenvalue weighted by atomic mass is 79.9. The lowest BCUT2D eigenvalue weighted by Crippen LogP contribution is -2.47. The number of nitrogen functional groups attached to an aromatic ring is 1. The van der Waals surface area contributed by atoms with Crippen LogP contribution in [0.2, 0.25) is 0 Å². The van der Waals surface area contributed by atoms with Crippen LogP contribution in [0.3, 0.4) is 0 Å². The van der Waals surface area contributed by atoms with Crippen LogP contribution < -0.4 is 15.2 Å². The lowest BCUT2D eigenvalue weighted by atomic mass is 9.90. The van der Waals surface area contributed by atoms with Crippen molar-refractivity contribution in [2.24, 2.45) is 0 Å². The molecule has 20 heavy (non-hydrogen) atoms. The van der Waals surface area contributed by atoms with Crippen LogP contribution in [-0.2, 0) is 14.8 Å². The van der Waals surface area contributed by atoms with Gasteiger partial charge in [-0.25, -0.2) is 13.1 Å². The summed E-state index contributed by atoms with van der Waals surface area (Å²) in [6.07, 6.45) is 1.47. The van der Waals surface area contributed by atoms with Crippen molar-refractivity contribution in [2.45, 2.75) is 29.9 Å². The molecule has 112 valence electrons. The van der Waals surface area contributed by atoms with Gasteiger partial charge in [0.15, 0.2) is 0 Å². The summed E-state index contributed by atoms with van der Waals surface area (Å²) in [4.78, 5) is 0.0431. The van der Waals surface area contributed by atoms with Gasteiger partial charge in [0.2, 0.25) is 10.0 Å². The third kappa shape index (κ3) is 3.08. The quantitative estimate of drug-likeness (QED) is 0.772. The zero-order chi connectivity index (χ0) is 14.9. The molecule has 1 saturated carbocycles. The second-order valence-corrected chi connectivity index (χ2v) is 7.21. The predicted octanol–water partition coefficient (Wildman–Crippen LogP) is 1.50. The van der Waals surface area contributed by atoms with E-state index in [1.807, 2.05) is 0 Å². The van der Waals surface area contributed by atoms with E-state index in [-0.39, 0.29) is 22.8 Å². The Kier molecular flexibility index (Phi) is 4.58. The summed E-state index contributed by atoms with van der Waals surface area (Å²) in [6.45, 7) is 0. The van der Waals surface area contributed by atoms with Crippen molar-refractivity contribution < 1.29 is 17.9 Å². The van der Waals surface area contributed by atoms with Gasteiger partial charge in [0.25, 0.3) is 0 Å². The molecule has 1 aromatic rings. The van der Waals surface area contributed by atoms with Crippen LogP contribution in [0.5, 0.6) is 5.75 Å². The summed E-state index contributed by atoms with van der Waals surface area (Å²) in [6, 6.07) is 2.82. The second-order valence-electron chi connectivity index (χ2n) is 4.67. The Bertz CT molecular complexity index is 600. The number of rotatable bonds is 5. The fraction of sp³-hybridized carbons (Fsp3) is 0.500. The largest absolute Gasteiger partial charge is 0.495 e. The maximum Gasteiger partial charge on any atom is 0.244 e. The molecular weight excluding hydrogens is 348 g/mol. The smallest absolute Gasteiger partial charge is 0.244 e. The molecule has 0 heterocycles. The molecule has 0 aliphatic heterocycles. The van der Waals surface area contributed by atoms with E-state index in [4.69, 9.17) is 15.2 Å². The second kappa shape index (κ2) is 5.88. The summed E-state index contributed by atoms with van der Waals surface area (Å²) < 4.78 is 38.2. The lowest BCUT2D eigenvalue weighted by molar-refractivity contribution is 0.0236. The van der Waals surface area contributed by atoms with Gasteiger partial charge in [0, 0.05) is 23.3 Å². The average Bonchev–Trinajstić information content (AvgIpc) is 2.35. The van der Waals surface area contributed by atoms with Crippen LogP contribution >= 0.6 is 15.9 Å². The Morgan fingerprint density at radius 2 is 2.00 bits per heavy atom. The van der Waals surface area contributed by atoms with Crippen molar-refractivity contribution in [2.75, 3.05) is 20.0 Å². The fourth-order valence-corrected chi connectivity index (χ4v) is 3.83. The molecule has 8 heteroatoms. The molecule has 0 unspecified atom stereocenters. The summed E-state index contributed by atoms with van der Waals surface area (Å²) in [7, 11) is -0.629. The Morgan fingerprint density at radius 3 is 2.55 bits per heavy atom. The Morgan fingerprint density at radius 1 is 1.35 bits per heavy atom. The predicted molar refractivity (Wildman–Crippen MR) is 79.2 cm³/mol. The first-order chi connectivity index (χ1) is 9.37. The van der Waals surface area contributed by atoms with Crippen molar-refractivity contribution in [1.82, 2.24) is 4.72 Å². The number of nitrogens with one attached hydrogen (secondary N) is 1. The molecule has 1 aliphatic carbocycles. The van der Waals surface area contributed by atoms with E-state index in [2.05, 4.69) is 20.7 Å². The van der Waals surface area contributed by atoms with Crippen LogP contribution in [0.1, 0.15) is 12.8 Å². The fourth-order valence-electron chi connectivity index (χ4n) is 2.06. The minimum Gasteiger partial charge on any atom is -0.495 e. The molecule has 0 bridgehead atoms. The Balaban J connectivity index is 2.23. The van der Waals surface area contributed by atoms with Gasteiger partial charge in [0.1, 0.15) is 10.6 Å². The molecule has 0 saturated heterocycles. The van der Waals surface area contributed by atoms with Crippen molar-refractivity contribution in [3.8, 4) is 5.75 Å². The molecule has 3 N–H and O–H groups in total. The Hall–Kier alpha value is -0.830. The van der Waals surface area contributed by atoms with E-state index in [1.165, 1.54) is 13.2 Å². The highest BCUT2D eigenvalue weighted by Gasteiger charge is 2.33. The molecule has 6 nitrogen and oxygen atoms in total. The third-order valence-corrected chi connectivity index (χ3v) is 5.55. The number of halogens is 1. The van der Waals surface area contributed by atoms with Gasteiger partial charge in [-0.05, 0) is 40.9 Å². The van der Waals surface area contributed by atoms with Gasteiger partial charge in [-0.3, -0.25) is 0 Å². The number of hydrogen-bond donors (Lipinski definition) is 2. The van der Waals surface area contributed by atoms with E-state index < -0.39 is 10.0 Å². The van der Waals surface area contributed by atoms with E-state index in [0.29, 0.717) is 23.0 Å². The van der Waals surface area contributed by atoms with Crippen LogP contribution in [-0.4, -0.2) is 34.8 Å². The van der Waals surface area contributed by atoms with Gasteiger partial charge in [-0.2, -0.15) is 0 Å². The van der Waals surface area contributed by atoms with Gasteiger partial charge >= 0.3 is 0 Å². The summed E-state index contributed by atoms with van der Waals surface area (Å²) >= 11 is 3.24. The highest BCUT2D eigenvalue weighted by Crippen LogP contribution is 2.33. The van der Waals surface area contributed by atoms with Gasteiger partial charge in [0.05, 0.1) is 13.2 Å². The molecule has 2 rings (SSSR count). The maximum absolute atomic E-state index is 12.4. The number of anilines is 1. The third-order valence-electron chi connectivity index (χ3n) is 3.32. The molecule has 0 aromatic heterocycles. The first kappa shape index (κ1) is 15.6. The highest BCUT2D eigenvalue weighted by molar-refractivity contribution is 9.10. The molecule has 0 atom stereocenters. The summed E-state index contributed by atoms with van der Waals surface area (Å²) in [5.41, 5.74) is 6.09. The molecule has 0 spiro atoms. The lowest BCUT2D eigenvalue weighted by Gasteiger charge is -2.34. The van der Waals surface area contributed by atoms with Gasteiger partial charge < -0.3 is 15.2 Å². The first-order valence-electron chi connectivity index (χ1n) is 6.05. The molecule has 1 aliphatic rings. The van der Waals surface area contributed by atoms with E-state index in [9.17, 15) is 8.42 Å². The number of ether oxygens (including phenoxy) is 2. The topological polar surface area (TPSA) is 90.7 Å². The van der Waals surface area contributed by atoms with E-state index in [1.54, 1.807) is 13.2 Å². The average molecular weight is 365 g/mol. The SMILES string of the molecule is COc1cc(Br)c(N)cc1S(=O)(=O)NC1CC(OC)C1. The molecule has 1 fully saturated rings. The molecule has 1 aromatic carbocycles. The molecule has 0 amide bonds. The standard InChI is InChI=1S/C12H17BrN2O4S/c1-18-8-3-7(4-8)15-20(16,17)12-6-10(14)9(13)5-11(12)19-2/h5-8,15H,3-4,14H2,1-2H3. The molecular formula is C12H17BrN2O4S. The van der Waals surface area contributed by atoms with Crippen LogP contribution in [0.4, 0.5) is 5.69 Å². The number of methoxy groups -OCH3 is 2. The van der Waals surface area contributed by atoms with E-state index in [0.717, 1.165) is 0 Å². The van der Waals surface area contributed by atoms with Crippen molar-refractivity contribution in [1.29, 1.82) is 0 Å². The number of hydrogen-bond acceptors (Lipinski definition) is 5.